The van der Waals surface area contributed by atoms with E-state index in [2.05, 4.69) is 20.5 Å². The number of thioether (sulfide) groups is 1. The smallest absolute Gasteiger partial charge is 0.237 e. The van der Waals surface area contributed by atoms with Gasteiger partial charge in [0.1, 0.15) is 0 Å². The van der Waals surface area contributed by atoms with Gasteiger partial charge in [0, 0.05) is 5.69 Å². The molecule has 1 aromatic heterocycles. The number of para-hydroxylation sites is 1. The molecule has 4 N–H and O–H groups in total. The highest BCUT2D eigenvalue weighted by atomic mass is 32.2. The molecule has 0 aliphatic heterocycles. The summed E-state index contributed by atoms with van der Waals surface area (Å²) in [5, 5.41) is 9.36. The first-order chi connectivity index (χ1) is 8.65. The minimum atomic E-state index is -0.305. The number of nitrogens with one attached hydrogen (secondary N) is 2. The maximum atomic E-state index is 11.9. The monoisotopic (exact) mass is 263 g/mol. The van der Waals surface area contributed by atoms with Crippen molar-refractivity contribution in [3.05, 3.63) is 30.3 Å². The quantitative estimate of drug-likeness (QED) is 0.726. The number of anilines is 2. The summed E-state index contributed by atoms with van der Waals surface area (Å²) in [5.74, 6) is 0.141. The molecule has 1 aromatic carbocycles. The summed E-state index contributed by atoms with van der Waals surface area (Å²) in [5.41, 5.74) is 6.18. The largest absolute Gasteiger partial charge is 0.368 e. The molecule has 0 aliphatic carbocycles. The topological polar surface area (TPSA) is 96.7 Å². The van der Waals surface area contributed by atoms with E-state index in [9.17, 15) is 4.79 Å². The van der Waals surface area contributed by atoms with Crippen LogP contribution in [-0.4, -0.2) is 26.3 Å². The van der Waals surface area contributed by atoms with Gasteiger partial charge in [0.2, 0.25) is 17.0 Å². The number of nitrogen functional groups attached to an aromatic ring is 1. The summed E-state index contributed by atoms with van der Waals surface area (Å²) in [6.07, 6.45) is 0. The zero-order valence-electron chi connectivity index (χ0n) is 9.75. The first-order valence-electron chi connectivity index (χ1n) is 5.35. The number of hydrogen-bond acceptors (Lipinski definition) is 5. The second-order valence-electron chi connectivity index (χ2n) is 3.62. The number of amides is 1. The van der Waals surface area contributed by atoms with Crippen LogP contribution in [0, 0.1) is 0 Å². The standard InChI is InChI=1S/C11H13N5OS/c1-7(18-11-14-10(12)15-16-11)9(17)13-8-5-3-2-4-6-8/h2-7H,1H3,(H,13,17)(H3,12,14,15,16)/t7-/m1/s1. The number of carbonyl (C=O) groups is 1. The molecule has 0 aliphatic rings. The predicted octanol–water partition coefficient (Wildman–Crippen LogP) is 1.51. The Labute approximate surface area is 108 Å². The first kappa shape index (κ1) is 12.4. The summed E-state index contributed by atoms with van der Waals surface area (Å²) < 4.78 is 0. The van der Waals surface area contributed by atoms with Crippen molar-refractivity contribution < 1.29 is 4.79 Å². The Morgan fingerprint density at radius 3 is 2.78 bits per heavy atom. The van der Waals surface area contributed by atoms with E-state index in [0.29, 0.717) is 5.16 Å². The highest BCUT2D eigenvalue weighted by Crippen LogP contribution is 2.20. The highest BCUT2D eigenvalue weighted by Gasteiger charge is 2.16. The maximum absolute atomic E-state index is 11.9. The third kappa shape index (κ3) is 3.24. The van der Waals surface area contributed by atoms with Crippen molar-refractivity contribution in [1.82, 2.24) is 15.2 Å². The van der Waals surface area contributed by atoms with Crippen LogP contribution in [0.25, 0.3) is 0 Å². The van der Waals surface area contributed by atoms with E-state index in [4.69, 9.17) is 5.73 Å². The average Bonchev–Trinajstić information content (AvgIpc) is 2.76. The molecule has 0 bridgehead atoms. The van der Waals surface area contributed by atoms with Crippen LogP contribution in [0.15, 0.2) is 35.5 Å². The number of H-pyrrole nitrogens is 1. The molecule has 7 heteroatoms. The number of nitrogens with two attached hydrogens (primary N) is 1. The van der Waals surface area contributed by atoms with Gasteiger partial charge in [-0.05, 0) is 19.1 Å². The normalized spacial score (nSPS) is 12.1. The molecular formula is C11H13N5OS. The second-order valence-corrected chi connectivity index (χ2v) is 4.93. The van der Waals surface area contributed by atoms with Crippen LogP contribution in [0.3, 0.4) is 0 Å². The molecule has 2 aromatic rings. The molecule has 1 atom stereocenters. The lowest BCUT2D eigenvalue weighted by molar-refractivity contribution is -0.115. The lowest BCUT2D eigenvalue weighted by Crippen LogP contribution is -2.22. The Morgan fingerprint density at radius 1 is 1.44 bits per heavy atom. The van der Waals surface area contributed by atoms with E-state index in [1.54, 1.807) is 6.92 Å². The fourth-order valence-electron chi connectivity index (χ4n) is 1.29. The van der Waals surface area contributed by atoms with Gasteiger partial charge in [-0.15, -0.1) is 5.10 Å². The molecule has 1 heterocycles. The van der Waals surface area contributed by atoms with Gasteiger partial charge >= 0.3 is 0 Å². The number of aromatic amines is 1. The molecule has 18 heavy (non-hydrogen) atoms. The molecule has 2 rings (SSSR count). The molecular weight excluding hydrogens is 250 g/mol. The SMILES string of the molecule is C[C@@H](Sc1n[nH]c(N)n1)C(=O)Nc1ccccc1. The Balaban J connectivity index is 1.93. The number of aromatic nitrogens is 3. The minimum absolute atomic E-state index is 0.102. The molecule has 0 saturated carbocycles. The van der Waals surface area contributed by atoms with Crippen LogP contribution in [0.2, 0.25) is 0 Å². The van der Waals surface area contributed by atoms with E-state index < -0.39 is 0 Å². The lowest BCUT2D eigenvalue weighted by Gasteiger charge is -2.09. The van der Waals surface area contributed by atoms with Gasteiger partial charge in [-0.25, -0.2) is 5.10 Å². The van der Waals surface area contributed by atoms with Gasteiger partial charge in [-0.3, -0.25) is 4.79 Å². The third-order valence-corrected chi connectivity index (χ3v) is 3.14. The summed E-state index contributed by atoms with van der Waals surface area (Å²) in [7, 11) is 0. The predicted molar refractivity (Wildman–Crippen MR) is 71.2 cm³/mol. The van der Waals surface area contributed by atoms with Crippen molar-refractivity contribution in [2.24, 2.45) is 0 Å². The zero-order chi connectivity index (χ0) is 13.0. The van der Waals surface area contributed by atoms with Gasteiger partial charge in [0.05, 0.1) is 5.25 Å². The molecule has 0 fully saturated rings. The van der Waals surface area contributed by atoms with E-state index in [1.807, 2.05) is 30.3 Å². The average molecular weight is 263 g/mol. The summed E-state index contributed by atoms with van der Waals surface area (Å²) in [4.78, 5) is 15.8. The van der Waals surface area contributed by atoms with Gasteiger partial charge in [-0.2, -0.15) is 4.98 Å². The minimum Gasteiger partial charge on any atom is -0.368 e. The summed E-state index contributed by atoms with van der Waals surface area (Å²) in [6.45, 7) is 1.79. The Bertz CT molecular complexity index is 527. The number of benzene rings is 1. The molecule has 94 valence electrons. The first-order valence-corrected chi connectivity index (χ1v) is 6.23. The molecule has 0 radical (unpaired) electrons. The number of hydrogen-bond donors (Lipinski definition) is 3. The molecule has 1 amide bonds. The molecule has 6 nitrogen and oxygen atoms in total. The molecule has 0 unspecified atom stereocenters. The fourth-order valence-corrected chi connectivity index (χ4v) is 2.02. The zero-order valence-corrected chi connectivity index (χ0v) is 10.6. The van der Waals surface area contributed by atoms with Gasteiger partial charge < -0.3 is 11.1 Å². The van der Waals surface area contributed by atoms with Crippen molar-refractivity contribution in [3.63, 3.8) is 0 Å². The van der Waals surface area contributed by atoms with E-state index >= 15 is 0 Å². The third-order valence-electron chi connectivity index (χ3n) is 2.17. The maximum Gasteiger partial charge on any atom is 0.237 e. The second kappa shape index (κ2) is 5.54. The van der Waals surface area contributed by atoms with E-state index in [1.165, 1.54) is 11.8 Å². The van der Waals surface area contributed by atoms with Gasteiger partial charge in [0.15, 0.2) is 0 Å². The van der Waals surface area contributed by atoms with Crippen molar-refractivity contribution in [2.45, 2.75) is 17.3 Å². The van der Waals surface area contributed by atoms with Crippen molar-refractivity contribution in [3.8, 4) is 0 Å². The molecule has 0 saturated heterocycles. The summed E-state index contributed by atoms with van der Waals surface area (Å²) in [6, 6.07) is 9.29. The fraction of sp³-hybridized carbons (Fsp3) is 0.182. The number of nitrogens with zero attached hydrogens (tertiary/aromatic N) is 2. The van der Waals surface area contributed by atoms with Crippen LogP contribution in [0.5, 0.6) is 0 Å². The van der Waals surface area contributed by atoms with Crippen molar-refractivity contribution in [2.75, 3.05) is 11.1 Å². The van der Waals surface area contributed by atoms with Crippen LogP contribution >= 0.6 is 11.8 Å². The lowest BCUT2D eigenvalue weighted by atomic mass is 10.3. The number of carbonyl (C=O) groups excluding carboxylic acids is 1. The van der Waals surface area contributed by atoms with Crippen LogP contribution in [-0.2, 0) is 4.79 Å². The number of rotatable bonds is 4. The Morgan fingerprint density at radius 2 is 2.17 bits per heavy atom. The van der Waals surface area contributed by atoms with Gasteiger partial charge in [-0.1, -0.05) is 30.0 Å². The van der Waals surface area contributed by atoms with E-state index in [-0.39, 0.29) is 17.1 Å². The Kier molecular flexibility index (Phi) is 3.83. The van der Waals surface area contributed by atoms with Crippen LogP contribution < -0.4 is 11.1 Å². The van der Waals surface area contributed by atoms with Gasteiger partial charge in [0.25, 0.3) is 0 Å². The highest BCUT2D eigenvalue weighted by molar-refractivity contribution is 8.00. The van der Waals surface area contributed by atoms with Crippen molar-refractivity contribution in [1.29, 1.82) is 0 Å². The van der Waals surface area contributed by atoms with Crippen LogP contribution in [0.1, 0.15) is 6.92 Å². The Hall–Kier alpha value is -2.02. The van der Waals surface area contributed by atoms with Crippen LogP contribution in [0.4, 0.5) is 11.6 Å². The summed E-state index contributed by atoms with van der Waals surface area (Å²) >= 11 is 1.25. The molecule has 0 spiro atoms. The van der Waals surface area contributed by atoms with Crippen molar-refractivity contribution >= 4 is 29.3 Å². The van der Waals surface area contributed by atoms with E-state index in [0.717, 1.165) is 5.69 Å².